The van der Waals surface area contributed by atoms with E-state index >= 15 is 0 Å². The molecule has 2 aliphatic heterocycles. The van der Waals surface area contributed by atoms with Gasteiger partial charge in [0.15, 0.2) is 0 Å². The Labute approximate surface area is 73.9 Å². The van der Waals surface area contributed by atoms with Gasteiger partial charge in [-0.15, -0.1) is 0 Å². The van der Waals surface area contributed by atoms with Crippen molar-refractivity contribution in [1.29, 1.82) is 0 Å². The summed E-state index contributed by atoms with van der Waals surface area (Å²) in [6, 6.07) is 0. The van der Waals surface area contributed by atoms with Gasteiger partial charge in [0, 0.05) is 5.41 Å². The normalized spacial score (nSPS) is 47.8. The standard InChI is InChI=1S/C10H18O2/c1-7(2)9-4-10(5-9,8(3)11)12-6-9/h7-8,11H,4-6H2,1-3H3. The maximum absolute atomic E-state index is 9.52. The van der Waals surface area contributed by atoms with Crippen molar-refractivity contribution in [2.24, 2.45) is 11.3 Å². The molecule has 0 radical (unpaired) electrons. The van der Waals surface area contributed by atoms with Crippen molar-refractivity contribution in [1.82, 2.24) is 0 Å². The lowest BCUT2D eigenvalue weighted by Gasteiger charge is -2.48. The van der Waals surface area contributed by atoms with Crippen LogP contribution in [0.5, 0.6) is 0 Å². The average molecular weight is 170 g/mol. The third-order valence-electron chi connectivity index (χ3n) is 3.94. The molecule has 2 bridgehead atoms. The zero-order chi connectivity index (χ0) is 8.98. The van der Waals surface area contributed by atoms with Crippen LogP contribution in [0.4, 0.5) is 0 Å². The fourth-order valence-electron chi connectivity index (χ4n) is 2.62. The van der Waals surface area contributed by atoms with E-state index in [2.05, 4.69) is 13.8 Å². The molecule has 2 heterocycles. The highest BCUT2D eigenvalue weighted by Crippen LogP contribution is 2.62. The van der Waals surface area contributed by atoms with Crippen LogP contribution in [0.15, 0.2) is 0 Å². The van der Waals surface area contributed by atoms with Gasteiger partial charge in [0.1, 0.15) is 0 Å². The van der Waals surface area contributed by atoms with Gasteiger partial charge in [-0.1, -0.05) is 13.8 Å². The Bertz CT molecular complexity index is 170. The van der Waals surface area contributed by atoms with Crippen LogP contribution in [0.3, 0.4) is 0 Å². The molecular formula is C10H18O2. The lowest BCUT2D eigenvalue weighted by Crippen LogP contribution is -2.53. The zero-order valence-electron chi connectivity index (χ0n) is 8.13. The first kappa shape index (κ1) is 8.52. The SMILES string of the molecule is CC(C)C12COC(C(C)O)(C1)C2. The highest BCUT2D eigenvalue weighted by Gasteiger charge is 2.65. The largest absolute Gasteiger partial charge is 0.390 e. The molecule has 3 fully saturated rings. The number of ether oxygens (including phenoxy) is 1. The van der Waals surface area contributed by atoms with Crippen molar-refractivity contribution in [3.05, 3.63) is 0 Å². The molecule has 2 nitrogen and oxygen atoms in total. The van der Waals surface area contributed by atoms with Gasteiger partial charge in [0.2, 0.25) is 0 Å². The van der Waals surface area contributed by atoms with Gasteiger partial charge in [-0.05, 0) is 25.7 Å². The summed E-state index contributed by atoms with van der Waals surface area (Å²) in [5.41, 5.74) is 0.237. The lowest BCUT2D eigenvalue weighted by atomic mass is 9.56. The minimum absolute atomic E-state index is 0.162. The number of hydrogen-bond acceptors (Lipinski definition) is 2. The highest BCUT2D eigenvalue weighted by molar-refractivity contribution is 5.14. The van der Waals surface area contributed by atoms with Gasteiger partial charge < -0.3 is 9.84 Å². The van der Waals surface area contributed by atoms with Gasteiger partial charge >= 0.3 is 0 Å². The molecule has 0 aromatic carbocycles. The average Bonchev–Trinajstić information content (AvgIpc) is 2.37. The van der Waals surface area contributed by atoms with E-state index < -0.39 is 0 Å². The van der Waals surface area contributed by atoms with Crippen molar-refractivity contribution in [3.63, 3.8) is 0 Å². The Hall–Kier alpha value is -0.0800. The number of fused-ring (bicyclic) bond motifs is 1. The zero-order valence-corrected chi connectivity index (χ0v) is 8.13. The van der Waals surface area contributed by atoms with Crippen LogP contribution in [0, 0.1) is 11.3 Å². The van der Waals surface area contributed by atoms with Crippen molar-refractivity contribution >= 4 is 0 Å². The first-order valence-electron chi connectivity index (χ1n) is 4.83. The van der Waals surface area contributed by atoms with Crippen LogP contribution in [-0.2, 0) is 4.74 Å². The molecule has 2 saturated heterocycles. The number of aliphatic hydroxyl groups excluding tert-OH is 1. The topological polar surface area (TPSA) is 29.5 Å². The number of rotatable bonds is 2. The summed E-state index contributed by atoms with van der Waals surface area (Å²) in [7, 11) is 0. The van der Waals surface area contributed by atoms with Gasteiger partial charge in [0.05, 0.1) is 18.3 Å². The molecule has 3 aliphatic rings. The molecule has 1 aliphatic carbocycles. The van der Waals surface area contributed by atoms with E-state index in [4.69, 9.17) is 4.74 Å². The number of hydrogen-bond donors (Lipinski definition) is 1. The van der Waals surface area contributed by atoms with E-state index in [9.17, 15) is 5.11 Å². The van der Waals surface area contributed by atoms with Crippen LogP contribution in [0.1, 0.15) is 33.6 Å². The first-order chi connectivity index (χ1) is 5.51. The summed E-state index contributed by atoms with van der Waals surface area (Å²) in [5, 5.41) is 9.52. The molecule has 2 heteroatoms. The lowest BCUT2D eigenvalue weighted by molar-refractivity contribution is -0.109. The van der Waals surface area contributed by atoms with Crippen LogP contribution < -0.4 is 0 Å². The van der Waals surface area contributed by atoms with Crippen LogP contribution in [-0.4, -0.2) is 23.4 Å². The second-order valence-corrected chi connectivity index (χ2v) is 4.90. The molecule has 1 N–H and O–H groups in total. The molecule has 1 saturated carbocycles. The van der Waals surface area contributed by atoms with E-state index in [-0.39, 0.29) is 11.7 Å². The summed E-state index contributed by atoms with van der Waals surface area (Å²) in [4.78, 5) is 0. The predicted molar refractivity (Wildman–Crippen MR) is 46.9 cm³/mol. The molecule has 0 aromatic heterocycles. The Morgan fingerprint density at radius 2 is 1.83 bits per heavy atom. The molecular weight excluding hydrogens is 152 g/mol. The van der Waals surface area contributed by atoms with Gasteiger partial charge in [-0.2, -0.15) is 0 Å². The van der Waals surface area contributed by atoms with E-state index in [1.807, 2.05) is 6.92 Å². The molecule has 70 valence electrons. The summed E-state index contributed by atoms with van der Waals surface area (Å²) < 4.78 is 5.69. The molecule has 12 heavy (non-hydrogen) atoms. The highest BCUT2D eigenvalue weighted by atomic mass is 16.5. The third kappa shape index (κ3) is 0.826. The molecule has 0 spiro atoms. The summed E-state index contributed by atoms with van der Waals surface area (Å²) in [6.07, 6.45) is 1.83. The Morgan fingerprint density at radius 3 is 2.08 bits per heavy atom. The maximum Gasteiger partial charge on any atom is 0.0950 e. The van der Waals surface area contributed by atoms with Crippen molar-refractivity contribution < 1.29 is 9.84 Å². The van der Waals surface area contributed by atoms with Gasteiger partial charge in [-0.3, -0.25) is 0 Å². The third-order valence-corrected chi connectivity index (χ3v) is 3.94. The first-order valence-corrected chi connectivity index (χ1v) is 4.83. The molecule has 0 aromatic rings. The minimum Gasteiger partial charge on any atom is -0.390 e. The quantitative estimate of drug-likeness (QED) is 0.681. The van der Waals surface area contributed by atoms with Crippen LogP contribution in [0.2, 0.25) is 0 Å². The van der Waals surface area contributed by atoms with E-state index in [1.165, 1.54) is 0 Å². The predicted octanol–water partition coefficient (Wildman–Crippen LogP) is 1.57. The van der Waals surface area contributed by atoms with Gasteiger partial charge in [0.25, 0.3) is 0 Å². The molecule has 0 amide bonds. The van der Waals surface area contributed by atoms with E-state index in [1.54, 1.807) is 0 Å². The molecule has 3 rings (SSSR count). The van der Waals surface area contributed by atoms with Crippen LogP contribution in [0.25, 0.3) is 0 Å². The Morgan fingerprint density at radius 1 is 1.25 bits per heavy atom. The summed E-state index contributed by atoms with van der Waals surface area (Å²) in [6.45, 7) is 7.20. The monoisotopic (exact) mass is 170 g/mol. The van der Waals surface area contributed by atoms with Crippen LogP contribution >= 0.6 is 0 Å². The van der Waals surface area contributed by atoms with Gasteiger partial charge in [-0.25, -0.2) is 0 Å². The summed E-state index contributed by atoms with van der Waals surface area (Å²) >= 11 is 0. The van der Waals surface area contributed by atoms with E-state index in [0.29, 0.717) is 11.3 Å². The van der Waals surface area contributed by atoms with Crippen molar-refractivity contribution in [3.8, 4) is 0 Å². The Balaban J connectivity index is 2.10. The fraction of sp³-hybridized carbons (Fsp3) is 1.00. The second-order valence-electron chi connectivity index (χ2n) is 4.90. The van der Waals surface area contributed by atoms with E-state index in [0.717, 1.165) is 19.4 Å². The number of aliphatic hydroxyl groups is 1. The smallest absolute Gasteiger partial charge is 0.0950 e. The fourth-order valence-corrected chi connectivity index (χ4v) is 2.62. The summed E-state index contributed by atoms with van der Waals surface area (Å²) in [5.74, 6) is 0.687. The minimum atomic E-state index is -0.299. The Kier molecular flexibility index (Phi) is 1.59. The molecule has 1 atom stereocenters. The van der Waals surface area contributed by atoms with Crippen molar-refractivity contribution in [2.75, 3.05) is 6.61 Å². The maximum atomic E-state index is 9.52. The second kappa shape index (κ2) is 2.24. The van der Waals surface area contributed by atoms with Crippen molar-refractivity contribution in [2.45, 2.75) is 45.3 Å². The molecule has 1 unspecified atom stereocenters.